The summed E-state index contributed by atoms with van der Waals surface area (Å²) in [6.45, 7) is 2.28. The number of hydrogen-bond donors (Lipinski definition) is 2. The first-order valence-corrected chi connectivity index (χ1v) is 6.83. The van der Waals surface area contributed by atoms with Crippen LogP contribution in [0.25, 0.3) is 0 Å². The highest BCUT2D eigenvalue weighted by molar-refractivity contribution is 6.31. The van der Waals surface area contributed by atoms with Crippen LogP contribution in [0.4, 0.5) is 5.69 Å². The lowest BCUT2D eigenvalue weighted by atomic mass is 10.1. The van der Waals surface area contributed by atoms with E-state index >= 15 is 0 Å². The molecule has 0 saturated carbocycles. The molecule has 4 heteroatoms. The summed E-state index contributed by atoms with van der Waals surface area (Å²) in [6.07, 6.45) is -0.521. The van der Waals surface area contributed by atoms with Crippen LogP contribution < -0.4 is 10.1 Å². The van der Waals surface area contributed by atoms with Crippen molar-refractivity contribution in [3.63, 3.8) is 0 Å². The molecule has 0 bridgehead atoms. The van der Waals surface area contributed by atoms with Crippen molar-refractivity contribution in [3.05, 3.63) is 58.6 Å². The van der Waals surface area contributed by atoms with Crippen LogP contribution in [-0.4, -0.2) is 12.2 Å². The minimum atomic E-state index is -0.521. The van der Waals surface area contributed by atoms with Crippen molar-refractivity contribution in [2.45, 2.75) is 19.6 Å². The summed E-state index contributed by atoms with van der Waals surface area (Å²) in [5, 5.41) is 13.7. The number of nitrogens with one attached hydrogen (secondary N) is 1. The lowest BCUT2D eigenvalue weighted by Crippen LogP contribution is -2.06. The molecule has 0 radical (unpaired) electrons. The maximum Gasteiger partial charge on any atom is 0.125 e. The van der Waals surface area contributed by atoms with Gasteiger partial charge in [-0.1, -0.05) is 35.9 Å². The molecule has 2 aromatic carbocycles. The third kappa shape index (κ3) is 3.24. The number of rotatable bonds is 5. The minimum Gasteiger partial charge on any atom is -0.496 e. The molecule has 2 rings (SSSR count). The molecule has 1 unspecified atom stereocenters. The van der Waals surface area contributed by atoms with Gasteiger partial charge in [-0.05, 0) is 25.1 Å². The van der Waals surface area contributed by atoms with Gasteiger partial charge in [-0.25, -0.2) is 0 Å². The Hall–Kier alpha value is -1.71. The maximum atomic E-state index is 9.77. The highest BCUT2D eigenvalue weighted by Crippen LogP contribution is 2.28. The fraction of sp³-hybridized carbons (Fsp3) is 0.250. The molecule has 0 aliphatic heterocycles. The van der Waals surface area contributed by atoms with E-state index < -0.39 is 6.10 Å². The van der Waals surface area contributed by atoms with Gasteiger partial charge in [0.25, 0.3) is 0 Å². The Kier molecular flexibility index (Phi) is 4.88. The van der Waals surface area contributed by atoms with Gasteiger partial charge in [-0.15, -0.1) is 0 Å². The number of para-hydroxylation sites is 1. The third-order valence-corrected chi connectivity index (χ3v) is 3.52. The third-order valence-electron chi connectivity index (χ3n) is 3.16. The predicted octanol–water partition coefficient (Wildman–Crippen LogP) is 4.01. The zero-order chi connectivity index (χ0) is 14.5. The van der Waals surface area contributed by atoms with E-state index in [1.54, 1.807) is 14.0 Å². The quantitative estimate of drug-likeness (QED) is 0.874. The molecule has 3 nitrogen and oxygen atoms in total. The lowest BCUT2D eigenvalue weighted by molar-refractivity contribution is 0.200. The van der Waals surface area contributed by atoms with Gasteiger partial charge in [-0.3, -0.25) is 0 Å². The number of hydrogen-bond acceptors (Lipinski definition) is 3. The van der Waals surface area contributed by atoms with Crippen LogP contribution in [0.1, 0.15) is 24.2 Å². The summed E-state index contributed by atoms with van der Waals surface area (Å²) >= 11 is 6.21. The number of anilines is 1. The Bertz CT molecular complexity index is 584. The topological polar surface area (TPSA) is 41.5 Å². The zero-order valence-corrected chi connectivity index (χ0v) is 12.3. The lowest BCUT2D eigenvalue weighted by Gasteiger charge is -2.16. The number of benzene rings is 2. The van der Waals surface area contributed by atoms with E-state index in [1.807, 2.05) is 42.5 Å². The Morgan fingerprint density at radius 3 is 2.65 bits per heavy atom. The van der Waals surface area contributed by atoms with Crippen molar-refractivity contribution < 1.29 is 9.84 Å². The summed E-state index contributed by atoms with van der Waals surface area (Å²) in [7, 11) is 1.62. The van der Waals surface area contributed by atoms with Crippen LogP contribution in [-0.2, 0) is 6.54 Å². The van der Waals surface area contributed by atoms with Crippen molar-refractivity contribution >= 4 is 17.3 Å². The fourth-order valence-corrected chi connectivity index (χ4v) is 2.34. The van der Waals surface area contributed by atoms with Gasteiger partial charge >= 0.3 is 0 Å². The standard InChI is InChI=1S/C16H18ClNO2/c1-11(19)12-6-3-4-8-15(12)18-10-13-14(17)7-5-9-16(13)20-2/h3-9,11,18-19H,10H2,1-2H3. The molecule has 0 aromatic heterocycles. The van der Waals surface area contributed by atoms with Crippen molar-refractivity contribution in [2.24, 2.45) is 0 Å². The van der Waals surface area contributed by atoms with Crippen LogP contribution in [0.5, 0.6) is 5.75 Å². The molecule has 2 aromatic rings. The van der Waals surface area contributed by atoms with E-state index in [9.17, 15) is 5.11 Å². The first-order chi connectivity index (χ1) is 9.63. The van der Waals surface area contributed by atoms with Crippen LogP contribution in [0.3, 0.4) is 0 Å². The summed E-state index contributed by atoms with van der Waals surface area (Å²) < 4.78 is 5.32. The van der Waals surface area contributed by atoms with Crippen LogP contribution in [0, 0.1) is 0 Å². The molecule has 0 aliphatic carbocycles. The first kappa shape index (κ1) is 14.7. The molecule has 0 spiro atoms. The molecule has 20 heavy (non-hydrogen) atoms. The Labute approximate surface area is 124 Å². The largest absolute Gasteiger partial charge is 0.496 e. The molecule has 0 amide bonds. The molecule has 0 aliphatic rings. The van der Waals surface area contributed by atoms with Gasteiger partial charge in [0, 0.05) is 28.4 Å². The number of aliphatic hydroxyl groups excluding tert-OH is 1. The molecule has 0 fully saturated rings. The Morgan fingerprint density at radius 2 is 1.95 bits per heavy atom. The number of halogens is 1. The molecule has 0 heterocycles. The maximum absolute atomic E-state index is 9.77. The summed E-state index contributed by atoms with van der Waals surface area (Å²) in [6, 6.07) is 13.2. The molecular formula is C16H18ClNO2. The summed E-state index contributed by atoms with van der Waals surface area (Å²) in [4.78, 5) is 0. The highest BCUT2D eigenvalue weighted by atomic mass is 35.5. The van der Waals surface area contributed by atoms with Gasteiger partial charge < -0.3 is 15.2 Å². The van der Waals surface area contributed by atoms with Gasteiger partial charge in [0.15, 0.2) is 0 Å². The van der Waals surface area contributed by atoms with Crippen molar-refractivity contribution in [1.29, 1.82) is 0 Å². The smallest absolute Gasteiger partial charge is 0.125 e. The van der Waals surface area contributed by atoms with E-state index in [1.165, 1.54) is 0 Å². The van der Waals surface area contributed by atoms with Gasteiger partial charge in [0.1, 0.15) is 5.75 Å². The minimum absolute atomic E-state index is 0.521. The molecule has 1 atom stereocenters. The Balaban J connectivity index is 2.21. The first-order valence-electron chi connectivity index (χ1n) is 6.45. The average molecular weight is 292 g/mol. The number of methoxy groups -OCH3 is 1. The second-order valence-corrected chi connectivity index (χ2v) is 4.94. The number of ether oxygens (including phenoxy) is 1. The van der Waals surface area contributed by atoms with Crippen LogP contribution in [0.15, 0.2) is 42.5 Å². The van der Waals surface area contributed by atoms with Crippen molar-refractivity contribution in [2.75, 3.05) is 12.4 Å². The van der Waals surface area contributed by atoms with E-state index in [-0.39, 0.29) is 0 Å². The van der Waals surface area contributed by atoms with Crippen molar-refractivity contribution in [1.82, 2.24) is 0 Å². The highest BCUT2D eigenvalue weighted by Gasteiger charge is 2.10. The monoisotopic (exact) mass is 291 g/mol. The second kappa shape index (κ2) is 6.64. The zero-order valence-electron chi connectivity index (χ0n) is 11.6. The number of aliphatic hydroxyl groups is 1. The average Bonchev–Trinajstić information content (AvgIpc) is 2.46. The van der Waals surface area contributed by atoms with Crippen LogP contribution in [0.2, 0.25) is 5.02 Å². The van der Waals surface area contributed by atoms with E-state index in [2.05, 4.69) is 5.32 Å². The summed E-state index contributed by atoms with van der Waals surface area (Å²) in [5.41, 5.74) is 2.65. The molecule has 0 saturated heterocycles. The fourth-order valence-electron chi connectivity index (χ4n) is 2.11. The molecule has 2 N–H and O–H groups in total. The van der Waals surface area contributed by atoms with Gasteiger partial charge in [-0.2, -0.15) is 0 Å². The van der Waals surface area contributed by atoms with E-state index in [4.69, 9.17) is 16.3 Å². The molecule has 106 valence electrons. The van der Waals surface area contributed by atoms with E-state index in [0.29, 0.717) is 11.6 Å². The van der Waals surface area contributed by atoms with Gasteiger partial charge in [0.2, 0.25) is 0 Å². The predicted molar refractivity (Wildman–Crippen MR) is 82.4 cm³/mol. The Morgan fingerprint density at radius 1 is 1.20 bits per heavy atom. The van der Waals surface area contributed by atoms with Crippen LogP contribution >= 0.6 is 11.6 Å². The van der Waals surface area contributed by atoms with Crippen molar-refractivity contribution in [3.8, 4) is 5.75 Å². The molecular weight excluding hydrogens is 274 g/mol. The van der Waals surface area contributed by atoms with E-state index in [0.717, 1.165) is 22.6 Å². The second-order valence-electron chi connectivity index (χ2n) is 4.54. The normalized spacial score (nSPS) is 12.0. The SMILES string of the molecule is COc1cccc(Cl)c1CNc1ccccc1C(C)O. The van der Waals surface area contributed by atoms with Gasteiger partial charge in [0.05, 0.1) is 13.2 Å². The summed E-state index contributed by atoms with van der Waals surface area (Å²) in [5.74, 6) is 0.750.